The monoisotopic (exact) mass is 369 g/mol. The number of aliphatic carboxylic acids is 1. The number of carbonyl (C=O) groups excluding carboxylic acids is 1. The van der Waals surface area contributed by atoms with Gasteiger partial charge in [0.1, 0.15) is 12.4 Å². The predicted molar refractivity (Wildman–Crippen MR) is 96.3 cm³/mol. The Labute approximate surface area is 155 Å². The summed E-state index contributed by atoms with van der Waals surface area (Å²) in [5.74, 6) is -1.46. The summed E-state index contributed by atoms with van der Waals surface area (Å²) in [4.78, 5) is 22.5. The Morgan fingerprint density at radius 3 is 2.59 bits per heavy atom. The van der Waals surface area contributed by atoms with Gasteiger partial charge in [-0.15, -0.1) is 10.2 Å². The maximum atomic E-state index is 11.7. The highest BCUT2D eigenvalue weighted by atomic mass is 16.5. The molecule has 3 rings (SSSR count). The molecule has 1 saturated heterocycles. The summed E-state index contributed by atoms with van der Waals surface area (Å²) in [6, 6.07) is 10.3. The quantitative estimate of drug-likeness (QED) is 0.416. The number of nitrogens with one attached hydrogen (secondary N) is 2. The number of hydrogen-bond acceptors (Lipinski definition) is 6. The van der Waals surface area contributed by atoms with Gasteiger partial charge in [-0.25, -0.2) is 0 Å². The molecule has 140 valence electrons. The minimum Gasteiger partial charge on any atom is -0.481 e. The second-order valence-electron chi connectivity index (χ2n) is 6.29. The molecule has 0 aliphatic carbocycles. The van der Waals surface area contributed by atoms with Crippen molar-refractivity contribution in [2.75, 3.05) is 6.61 Å². The molecule has 2 aromatic rings. The molecule has 27 heavy (non-hydrogen) atoms. The van der Waals surface area contributed by atoms with Crippen LogP contribution in [0.15, 0.2) is 36.4 Å². The van der Waals surface area contributed by atoms with Crippen molar-refractivity contribution in [1.82, 2.24) is 15.5 Å². The van der Waals surface area contributed by atoms with E-state index in [0.717, 1.165) is 5.56 Å². The topological polar surface area (TPSA) is 151 Å². The first-order chi connectivity index (χ1) is 12.9. The molecule has 2 atom stereocenters. The van der Waals surface area contributed by atoms with Crippen molar-refractivity contribution in [2.45, 2.75) is 18.9 Å². The number of benzene rings is 1. The fourth-order valence-electron chi connectivity index (χ4n) is 2.88. The Balaban J connectivity index is 1.56. The SMILES string of the molecule is N=C(N)c1ccc(-c2ccc(OC[C@@H]3C[C@@H](CC(=O)O)C(=O)N3)nn2)cc1. The summed E-state index contributed by atoms with van der Waals surface area (Å²) in [6.07, 6.45) is 0.235. The molecule has 0 saturated carbocycles. The number of hydrogen-bond donors (Lipinski definition) is 4. The van der Waals surface area contributed by atoms with E-state index in [2.05, 4.69) is 15.5 Å². The van der Waals surface area contributed by atoms with E-state index in [4.69, 9.17) is 21.0 Å². The largest absolute Gasteiger partial charge is 0.481 e. The van der Waals surface area contributed by atoms with Crippen LogP contribution in [0, 0.1) is 11.3 Å². The second-order valence-corrected chi connectivity index (χ2v) is 6.29. The van der Waals surface area contributed by atoms with Crippen LogP contribution in [-0.4, -0.2) is 45.7 Å². The van der Waals surface area contributed by atoms with Crippen LogP contribution in [0.1, 0.15) is 18.4 Å². The molecule has 1 amide bonds. The summed E-state index contributed by atoms with van der Waals surface area (Å²) in [5, 5.41) is 27.0. The molecule has 1 aromatic heterocycles. The molecule has 0 bridgehead atoms. The third-order valence-electron chi connectivity index (χ3n) is 4.27. The molecular formula is C18H19N5O4. The molecule has 1 aromatic carbocycles. The van der Waals surface area contributed by atoms with Gasteiger partial charge in [0.25, 0.3) is 0 Å². The minimum absolute atomic E-state index is 0.000907. The van der Waals surface area contributed by atoms with Crippen LogP contribution in [0.5, 0.6) is 5.88 Å². The fraction of sp³-hybridized carbons (Fsp3) is 0.278. The molecule has 5 N–H and O–H groups in total. The molecule has 0 spiro atoms. The molecule has 0 unspecified atom stereocenters. The fourth-order valence-corrected chi connectivity index (χ4v) is 2.88. The van der Waals surface area contributed by atoms with E-state index in [1.54, 1.807) is 36.4 Å². The van der Waals surface area contributed by atoms with E-state index in [1.165, 1.54) is 0 Å². The summed E-state index contributed by atoms with van der Waals surface area (Å²) in [5.41, 5.74) is 7.54. The van der Waals surface area contributed by atoms with Gasteiger partial charge < -0.3 is 20.9 Å². The van der Waals surface area contributed by atoms with Crippen molar-refractivity contribution in [1.29, 1.82) is 5.41 Å². The number of ether oxygens (including phenoxy) is 1. The zero-order valence-electron chi connectivity index (χ0n) is 14.4. The number of aromatic nitrogens is 2. The maximum absolute atomic E-state index is 11.7. The molecule has 9 nitrogen and oxygen atoms in total. The van der Waals surface area contributed by atoms with Gasteiger partial charge in [-0.1, -0.05) is 24.3 Å². The van der Waals surface area contributed by atoms with Gasteiger partial charge in [0.05, 0.1) is 24.1 Å². The van der Waals surface area contributed by atoms with Gasteiger partial charge in [0.2, 0.25) is 11.8 Å². The Hall–Kier alpha value is -3.49. The summed E-state index contributed by atoms with van der Waals surface area (Å²) in [6.45, 7) is 0.198. The molecule has 1 aliphatic heterocycles. The van der Waals surface area contributed by atoms with Gasteiger partial charge in [0, 0.05) is 17.2 Å². The number of amidine groups is 1. The first-order valence-electron chi connectivity index (χ1n) is 8.36. The van der Waals surface area contributed by atoms with Crippen LogP contribution < -0.4 is 15.8 Å². The van der Waals surface area contributed by atoms with E-state index in [0.29, 0.717) is 23.6 Å². The number of amides is 1. The highest BCUT2D eigenvalue weighted by molar-refractivity contribution is 5.95. The lowest BCUT2D eigenvalue weighted by Crippen LogP contribution is -2.31. The van der Waals surface area contributed by atoms with Crippen molar-refractivity contribution in [3.8, 4) is 17.1 Å². The van der Waals surface area contributed by atoms with E-state index < -0.39 is 11.9 Å². The van der Waals surface area contributed by atoms with Crippen LogP contribution in [0.25, 0.3) is 11.3 Å². The highest BCUT2D eigenvalue weighted by Gasteiger charge is 2.33. The molecule has 1 aliphatic rings. The number of nitrogens with zero attached hydrogens (tertiary/aromatic N) is 2. The van der Waals surface area contributed by atoms with Crippen molar-refractivity contribution in [3.05, 3.63) is 42.0 Å². The third-order valence-corrected chi connectivity index (χ3v) is 4.27. The Morgan fingerprint density at radius 2 is 2.00 bits per heavy atom. The zero-order chi connectivity index (χ0) is 19.4. The number of carbonyl (C=O) groups is 2. The number of nitrogens with two attached hydrogens (primary N) is 1. The van der Waals surface area contributed by atoms with Gasteiger partial charge in [0.15, 0.2) is 0 Å². The number of rotatable bonds is 7. The molecule has 0 radical (unpaired) electrons. The lowest BCUT2D eigenvalue weighted by molar-refractivity contribution is -0.140. The van der Waals surface area contributed by atoms with E-state index >= 15 is 0 Å². The smallest absolute Gasteiger partial charge is 0.304 e. The summed E-state index contributed by atoms with van der Waals surface area (Å²) < 4.78 is 5.55. The normalized spacial score (nSPS) is 18.7. The van der Waals surface area contributed by atoms with Gasteiger partial charge in [-0.2, -0.15) is 0 Å². The van der Waals surface area contributed by atoms with E-state index in [1.807, 2.05) is 0 Å². The predicted octanol–water partition coefficient (Wildman–Crippen LogP) is 0.786. The number of carboxylic acids is 1. The maximum Gasteiger partial charge on any atom is 0.304 e. The van der Waals surface area contributed by atoms with Crippen molar-refractivity contribution in [2.24, 2.45) is 11.7 Å². The lowest BCUT2D eigenvalue weighted by Gasteiger charge is -2.11. The van der Waals surface area contributed by atoms with E-state index in [9.17, 15) is 9.59 Å². The van der Waals surface area contributed by atoms with Crippen LogP contribution >= 0.6 is 0 Å². The van der Waals surface area contributed by atoms with Gasteiger partial charge >= 0.3 is 5.97 Å². The third kappa shape index (κ3) is 4.57. The van der Waals surface area contributed by atoms with Crippen LogP contribution in [-0.2, 0) is 9.59 Å². The first kappa shape index (κ1) is 18.3. The Morgan fingerprint density at radius 1 is 1.26 bits per heavy atom. The molecular weight excluding hydrogens is 350 g/mol. The molecule has 2 heterocycles. The van der Waals surface area contributed by atoms with Crippen LogP contribution in [0.3, 0.4) is 0 Å². The second kappa shape index (κ2) is 7.81. The minimum atomic E-state index is -0.991. The van der Waals surface area contributed by atoms with Gasteiger partial charge in [-0.05, 0) is 12.5 Å². The lowest BCUT2D eigenvalue weighted by atomic mass is 10.0. The molecule has 1 fully saturated rings. The molecule has 9 heteroatoms. The summed E-state index contributed by atoms with van der Waals surface area (Å²) >= 11 is 0. The van der Waals surface area contributed by atoms with E-state index in [-0.39, 0.29) is 30.8 Å². The standard InChI is InChI=1S/C18H19N5O4/c19-17(20)11-3-1-10(2-4-11)14-5-6-15(23-22-14)27-9-13-7-12(8-16(24)25)18(26)21-13/h1-6,12-13H,7-9H2,(H3,19,20)(H,21,26)(H,24,25)/t12-,13-/m0/s1. The van der Waals surface area contributed by atoms with Crippen LogP contribution in [0.2, 0.25) is 0 Å². The number of carboxylic acid groups (broad SMARTS) is 1. The van der Waals surface area contributed by atoms with Crippen molar-refractivity contribution < 1.29 is 19.4 Å². The summed E-state index contributed by atoms with van der Waals surface area (Å²) in [7, 11) is 0. The average molecular weight is 369 g/mol. The Bertz CT molecular complexity index is 851. The zero-order valence-corrected chi connectivity index (χ0v) is 14.4. The average Bonchev–Trinajstić information content (AvgIpc) is 2.99. The first-order valence-corrected chi connectivity index (χ1v) is 8.36. The highest BCUT2D eigenvalue weighted by Crippen LogP contribution is 2.21. The van der Waals surface area contributed by atoms with Gasteiger partial charge in [-0.3, -0.25) is 15.0 Å². The van der Waals surface area contributed by atoms with Crippen molar-refractivity contribution >= 4 is 17.7 Å². The van der Waals surface area contributed by atoms with Crippen molar-refractivity contribution in [3.63, 3.8) is 0 Å². The Kier molecular flexibility index (Phi) is 5.30. The number of nitrogen functional groups attached to an aromatic ring is 1. The van der Waals surface area contributed by atoms with Crippen LogP contribution in [0.4, 0.5) is 0 Å².